The zero-order valence-corrected chi connectivity index (χ0v) is 18.9. The van der Waals surface area contributed by atoms with Crippen LogP contribution in [-0.4, -0.2) is 37.6 Å². The number of guanidine groups is 1. The van der Waals surface area contributed by atoms with E-state index in [9.17, 15) is 4.79 Å². The molecule has 1 amide bonds. The molecule has 2 rings (SSSR count). The lowest BCUT2D eigenvalue weighted by Gasteiger charge is -2.12. The fraction of sp³-hybridized carbons (Fsp3) is 0.600. The summed E-state index contributed by atoms with van der Waals surface area (Å²) >= 11 is 0. The molecular formula is C20H33IN4O2. The van der Waals surface area contributed by atoms with Gasteiger partial charge in [-0.15, -0.1) is 24.0 Å². The summed E-state index contributed by atoms with van der Waals surface area (Å²) < 4.78 is 5.61. The van der Waals surface area contributed by atoms with Crippen LogP contribution in [0.25, 0.3) is 0 Å². The number of hydrogen-bond acceptors (Lipinski definition) is 3. The average Bonchev–Trinajstić information content (AvgIpc) is 3.47. The molecule has 27 heavy (non-hydrogen) atoms. The van der Waals surface area contributed by atoms with Gasteiger partial charge in [0.1, 0.15) is 0 Å². The van der Waals surface area contributed by atoms with Crippen molar-refractivity contribution in [2.75, 3.05) is 19.6 Å². The SMILES string of the molecule is CCNC(=NCc1ccc(COC(C)C)cc1)NCCNC(=O)C1CC1.I. The molecule has 0 heterocycles. The quantitative estimate of drug-likeness (QED) is 0.205. The normalized spacial score (nSPS) is 13.9. The lowest BCUT2D eigenvalue weighted by atomic mass is 10.1. The summed E-state index contributed by atoms with van der Waals surface area (Å²) in [6.07, 6.45) is 2.30. The number of aliphatic imine (C=N–C) groups is 1. The van der Waals surface area contributed by atoms with Crippen LogP contribution in [-0.2, 0) is 22.7 Å². The summed E-state index contributed by atoms with van der Waals surface area (Å²) in [6, 6.07) is 8.34. The Hall–Kier alpha value is -1.35. The third kappa shape index (κ3) is 9.95. The lowest BCUT2D eigenvalue weighted by molar-refractivity contribution is -0.122. The van der Waals surface area contributed by atoms with E-state index in [0.717, 1.165) is 30.9 Å². The number of carbonyl (C=O) groups excluding carboxylic acids is 1. The minimum absolute atomic E-state index is 0. The molecule has 0 radical (unpaired) electrons. The zero-order chi connectivity index (χ0) is 18.8. The Labute approximate surface area is 179 Å². The van der Waals surface area contributed by atoms with Crippen LogP contribution in [0.15, 0.2) is 29.3 Å². The number of ether oxygens (including phenoxy) is 1. The molecule has 0 unspecified atom stereocenters. The summed E-state index contributed by atoms with van der Waals surface area (Å²) in [4.78, 5) is 16.2. The number of halogens is 1. The molecule has 0 saturated heterocycles. The van der Waals surface area contributed by atoms with Crippen molar-refractivity contribution in [1.29, 1.82) is 0 Å². The van der Waals surface area contributed by atoms with Gasteiger partial charge in [0.05, 0.1) is 19.3 Å². The van der Waals surface area contributed by atoms with E-state index < -0.39 is 0 Å². The van der Waals surface area contributed by atoms with E-state index in [1.165, 1.54) is 5.56 Å². The minimum atomic E-state index is 0. The van der Waals surface area contributed by atoms with E-state index in [1.807, 2.05) is 20.8 Å². The van der Waals surface area contributed by atoms with E-state index in [4.69, 9.17) is 4.74 Å². The van der Waals surface area contributed by atoms with Crippen LogP contribution in [0.1, 0.15) is 44.7 Å². The molecule has 0 atom stereocenters. The van der Waals surface area contributed by atoms with Gasteiger partial charge < -0.3 is 20.7 Å². The molecule has 0 aliphatic heterocycles. The van der Waals surface area contributed by atoms with E-state index in [2.05, 4.69) is 45.2 Å². The van der Waals surface area contributed by atoms with Gasteiger partial charge in [0.2, 0.25) is 5.91 Å². The molecule has 0 aromatic heterocycles. The van der Waals surface area contributed by atoms with Crippen LogP contribution in [0.5, 0.6) is 0 Å². The van der Waals surface area contributed by atoms with Crippen LogP contribution in [0.3, 0.4) is 0 Å². The predicted octanol–water partition coefficient (Wildman–Crippen LogP) is 2.81. The zero-order valence-electron chi connectivity index (χ0n) is 16.6. The third-order valence-corrected chi connectivity index (χ3v) is 4.04. The molecule has 1 aromatic rings. The van der Waals surface area contributed by atoms with Crippen LogP contribution >= 0.6 is 24.0 Å². The van der Waals surface area contributed by atoms with Gasteiger partial charge in [0.25, 0.3) is 0 Å². The molecule has 0 bridgehead atoms. The van der Waals surface area contributed by atoms with E-state index in [1.54, 1.807) is 0 Å². The molecule has 3 N–H and O–H groups in total. The monoisotopic (exact) mass is 488 g/mol. The van der Waals surface area contributed by atoms with Crippen LogP contribution < -0.4 is 16.0 Å². The number of rotatable bonds is 10. The Balaban J connectivity index is 0.00000364. The number of nitrogens with one attached hydrogen (secondary N) is 3. The Bertz CT molecular complexity index is 586. The van der Waals surface area contributed by atoms with Crippen LogP contribution in [0, 0.1) is 5.92 Å². The third-order valence-electron chi connectivity index (χ3n) is 4.04. The Morgan fingerprint density at radius 2 is 1.74 bits per heavy atom. The van der Waals surface area contributed by atoms with Crippen molar-refractivity contribution in [1.82, 2.24) is 16.0 Å². The topological polar surface area (TPSA) is 74.8 Å². The van der Waals surface area contributed by atoms with Gasteiger partial charge in [-0.1, -0.05) is 24.3 Å². The molecule has 1 aliphatic carbocycles. The molecule has 1 aliphatic rings. The molecule has 6 nitrogen and oxygen atoms in total. The second-order valence-corrected chi connectivity index (χ2v) is 6.86. The molecule has 7 heteroatoms. The van der Waals surface area contributed by atoms with Gasteiger partial charge >= 0.3 is 0 Å². The summed E-state index contributed by atoms with van der Waals surface area (Å²) in [5.41, 5.74) is 2.32. The Morgan fingerprint density at radius 3 is 2.33 bits per heavy atom. The Kier molecular flexibility index (Phi) is 11.3. The first kappa shape index (κ1) is 23.7. The first-order valence-corrected chi connectivity index (χ1v) is 9.57. The highest BCUT2D eigenvalue weighted by Gasteiger charge is 2.28. The summed E-state index contributed by atoms with van der Waals surface area (Å²) in [5.74, 6) is 1.20. The smallest absolute Gasteiger partial charge is 0.223 e. The molecular weight excluding hydrogens is 455 g/mol. The van der Waals surface area contributed by atoms with Crippen LogP contribution in [0.4, 0.5) is 0 Å². The van der Waals surface area contributed by atoms with Crippen LogP contribution in [0.2, 0.25) is 0 Å². The van der Waals surface area contributed by atoms with Crippen molar-refractivity contribution in [3.05, 3.63) is 35.4 Å². The summed E-state index contributed by atoms with van der Waals surface area (Å²) in [5, 5.41) is 9.43. The van der Waals surface area contributed by atoms with E-state index in [-0.39, 0.29) is 41.9 Å². The second kappa shape index (κ2) is 12.9. The fourth-order valence-corrected chi connectivity index (χ4v) is 2.37. The highest BCUT2D eigenvalue weighted by molar-refractivity contribution is 14.0. The molecule has 1 aromatic carbocycles. The molecule has 0 spiro atoms. The highest BCUT2D eigenvalue weighted by atomic mass is 127. The number of nitrogens with zero attached hydrogens (tertiary/aromatic N) is 1. The van der Waals surface area contributed by atoms with Crippen molar-refractivity contribution in [3.63, 3.8) is 0 Å². The largest absolute Gasteiger partial charge is 0.374 e. The number of amides is 1. The van der Waals surface area contributed by atoms with Gasteiger partial charge in [-0.3, -0.25) is 4.79 Å². The van der Waals surface area contributed by atoms with E-state index in [0.29, 0.717) is 26.2 Å². The van der Waals surface area contributed by atoms with E-state index >= 15 is 0 Å². The standard InChI is InChI=1S/C20H32N4O2.HI/c1-4-21-20(23-12-11-22-19(25)18-9-10-18)24-13-16-5-7-17(8-6-16)14-26-15(2)3;/h5-8,15,18H,4,9-14H2,1-3H3,(H,22,25)(H2,21,23,24);1H. The van der Waals surface area contributed by atoms with Gasteiger partial charge in [-0.25, -0.2) is 4.99 Å². The number of hydrogen-bond donors (Lipinski definition) is 3. The first-order valence-electron chi connectivity index (χ1n) is 9.57. The average molecular weight is 488 g/mol. The fourth-order valence-electron chi connectivity index (χ4n) is 2.37. The van der Waals surface area contributed by atoms with Crippen molar-refractivity contribution in [2.24, 2.45) is 10.9 Å². The predicted molar refractivity (Wildman–Crippen MR) is 120 cm³/mol. The first-order chi connectivity index (χ1) is 12.6. The number of benzene rings is 1. The maximum absolute atomic E-state index is 11.6. The minimum Gasteiger partial charge on any atom is -0.374 e. The number of carbonyl (C=O) groups is 1. The maximum atomic E-state index is 11.6. The van der Waals surface area contributed by atoms with Gasteiger partial charge in [-0.05, 0) is 44.7 Å². The Morgan fingerprint density at radius 1 is 1.11 bits per heavy atom. The molecule has 1 saturated carbocycles. The lowest BCUT2D eigenvalue weighted by Crippen LogP contribution is -2.41. The van der Waals surface area contributed by atoms with Gasteiger partial charge in [0, 0.05) is 25.6 Å². The maximum Gasteiger partial charge on any atom is 0.223 e. The molecule has 152 valence electrons. The van der Waals surface area contributed by atoms with Crippen molar-refractivity contribution in [2.45, 2.75) is 52.9 Å². The second-order valence-electron chi connectivity index (χ2n) is 6.86. The van der Waals surface area contributed by atoms with Gasteiger partial charge in [0.15, 0.2) is 5.96 Å². The van der Waals surface area contributed by atoms with Crippen molar-refractivity contribution >= 4 is 35.8 Å². The van der Waals surface area contributed by atoms with Crippen molar-refractivity contribution < 1.29 is 9.53 Å². The summed E-state index contributed by atoms with van der Waals surface area (Å²) in [7, 11) is 0. The summed E-state index contributed by atoms with van der Waals surface area (Å²) in [6.45, 7) is 9.43. The van der Waals surface area contributed by atoms with Crippen molar-refractivity contribution in [3.8, 4) is 0 Å². The molecule has 1 fully saturated rings. The van der Waals surface area contributed by atoms with Gasteiger partial charge in [-0.2, -0.15) is 0 Å². The highest BCUT2D eigenvalue weighted by Crippen LogP contribution is 2.28.